The molecule has 3 fully saturated rings. The molecule has 4 rings (SSSR count). The molecule has 0 saturated heterocycles. The van der Waals surface area contributed by atoms with Crippen LogP contribution in [-0.2, 0) is 9.53 Å². The Kier molecular flexibility index (Phi) is 6.57. The number of nitrogens with two attached hydrogens (primary N) is 2. The molecule has 31 heavy (non-hydrogen) atoms. The highest BCUT2D eigenvalue weighted by Crippen LogP contribution is 2.64. The monoisotopic (exact) mass is 428 g/mol. The molecule has 0 radical (unpaired) electrons. The quantitative estimate of drug-likeness (QED) is 0.367. The van der Waals surface area contributed by atoms with E-state index >= 15 is 0 Å². The second kappa shape index (κ2) is 9.05. The lowest BCUT2D eigenvalue weighted by molar-refractivity contribution is -0.132. The third-order valence-electron chi connectivity index (χ3n) is 8.98. The summed E-state index contributed by atoms with van der Waals surface area (Å²) >= 11 is 0. The van der Waals surface area contributed by atoms with E-state index in [1.54, 1.807) is 5.57 Å². The molecular formula is C25H40N4O2. The van der Waals surface area contributed by atoms with Crippen molar-refractivity contribution in [2.75, 3.05) is 26.3 Å². The predicted molar refractivity (Wildman–Crippen MR) is 125 cm³/mol. The number of guanidine groups is 1. The Morgan fingerprint density at radius 1 is 1.03 bits per heavy atom. The summed E-state index contributed by atoms with van der Waals surface area (Å²) in [5.74, 6) is 2.76. The maximum Gasteiger partial charge on any atom is 0.185 e. The number of ether oxygens (including phenoxy) is 1. The largest absolute Gasteiger partial charge is 0.379 e. The van der Waals surface area contributed by atoms with Gasteiger partial charge in [0, 0.05) is 30.7 Å². The standard InChI is InChI=1S/C25H40N4O2/c1-24-10-8-18(28-12-3-14-31-15-13-29-23(26)27)16-17(24)4-5-19-20-6-7-22(30)25(20,2)11-9-21(19)24/h16,19-21H,3-15H2,1-2H3,(H4,26,27,29). The van der Waals surface area contributed by atoms with E-state index in [0.29, 0.717) is 36.9 Å². The molecule has 0 spiro atoms. The smallest absolute Gasteiger partial charge is 0.185 e. The number of hydrogen-bond acceptors (Lipinski definition) is 4. The van der Waals surface area contributed by atoms with E-state index in [0.717, 1.165) is 50.5 Å². The summed E-state index contributed by atoms with van der Waals surface area (Å²) < 4.78 is 5.56. The molecule has 6 nitrogen and oxygen atoms in total. The number of carbonyl (C=O) groups is 1. The molecule has 0 aliphatic heterocycles. The highest BCUT2D eigenvalue weighted by molar-refractivity contribution is 5.96. The van der Waals surface area contributed by atoms with E-state index in [2.05, 4.69) is 24.9 Å². The highest BCUT2D eigenvalue weighted by atomic mass is 16.5. The molecule has 0 aromatic rings. The molecule has 0 bridgehead atoms. The molecular weight excluding hydrogens is 388 g/mol. The lowest BCUT2D eigenvalue weighted by Crippen LogP contribution is -2.50. The first-order valence-electron chi connectivity index (χ1n) is 12.3. The number of carbonyl (C=O) groups excluding carboxylic acids is 1. The zero-order valence-electron chi connectivity index (χ0n) is 19.4. The number of rotatable bonds is 7. The number of allylic oxidation sites excluding steroid dienone is 2. The van der Waals surface area contributed by atoms with Crippen LogP contribution < -0.4 is 11.5 Å². The van der Waals surface area contributed by atoms with Crippen molar-refractivity contribution in [2.24, 2.45) is 50.0 Å². The van der Waals surface area contributed by atoms with E-state index in [9.17, 15) is 4.79 Å². The molecule has 4 aliphatic carbocycles. The van der Waals surface area contributed by atoms with Crippen LogP contribution in [0, 0.1) is 28.6 Å². The van der Waals surface area contributed by atoms with Gasteiger partial charge in [0.05, 0.1) is 13.2 Å². The van der Waals surface area contributed by atoms with Crippen LogP contribution in [0.3, 0.4) is 0 Å². The Bertz CT molecular complexity index is 784. The van der Waals surface area contributed by atoms with Gasteiger partial charge in [0.15, 0.2) is 5.96 Å². The number of fused-ring (bicyclic) bond motifs is 5. The van der Waals surface area contributed by atoms with E-state index in [-0.39, 0.29) is 11.4 Å². The number of Topliss-reactive ketones (excluding diaryl/α,β-unsaturated/α-hetero) is 1. The van der Waals surface area contributed by atoms with Crippen LogP contribution in [0.25, 0.3) is 0 Å². The minimum Gasteiger partial charge on any atom is -0.379 e. The van der Waals surface area contributed by atoms with E-state index in [1.165, 1.54) is 31.4 Å². The highest BCUT2D eigenvalue weighted by Gasteiger charge is 2.58. The average Bonchev–Trinajstić information content (AvgIpc) is 3.04. The Labute approximate surface area is 187 Å². The van der Waals surface area contributed by atoms with Crippen LogP contribution >= 0.6 is 0 Å². The molecule has 0 amide bonds. The van der Waals surface area contributed by atoms with E-state index < -0.39 is 0 Å². The molecule has 0 heterocycles. The minimum atomic E-state index is -0.0224. The van der Waals surface area contributed by atoms with Crippen molar-refractivity contribution < 1.29 is 9.53 Å². The maximum atomic E-state index is 12.6. The third kappa shape index (κ3) is 4.33. The first-order chi connectivity index (χ1) is 14.8. The van der Waals surface area contributed by atoms with Crippen molar-refractivity contribution in [3.05, 3.63) is 11.6 Å². The molecule has 4 aliphatic rings. The van der Waals surface area contributed by atoms with Crippen molar-refractivity contribution in [1.82, 2.24) is 0 Å². The molecule has 0 aromatic heterocycles. The van der Waals surface area contributed by atoms with Crippen LogP contribution in [0.5, 0.6) is 0 Å². The molecule has 3 saturated carbocycles. The summed E-state index contributed by atoms with van der Waals surface area (Å²) in [6.45, 7) is 7.34. The Morgan fingerprint density at radius 2 is 1.84 bits per heavy atom. The van der Waals surface area contributed by atoms with Crippen molar-refractivity contribution in [3.8, 4) is 0 Å². The molecule has 172 valence electrons. The van der Waals surface area contributed by atoms with Gasteiger partial charge in [-0.3, -0.25) is 14.8 Å². The lowest BCUT2D eigenvalue weighted by Gasteiger charge is -2.57. The average molecular weight is 429 g/mol. The number of aliphatic imine (C=N–C) groups is 2. The number of hydrogen-bond donors (Lipinski definition) is 2. The Morgan fingerprint density at radius 3 is 2.65 bits per heavy atom. The maximum absolute atomic E-state index is 12.6. The molecule has 0 aromatic carbocycles. The van der Waals surface area contributed by atoms with Crippen molar-refractivity contribution >= 4 is 17.5 Å². The number of ketones is 1. The molecule has 5 unspecified atom stereocenters. The van der Waals surface area contributed by atoms with Crippen LogP contribution in [0.15, 0.2) is 21.6 Å². The fraction of sp³-hybridized carbons (Fsp3) is 0.800. The zero-order valence-corrected chi connectivity index (χ0v) is 19.4. The number of nitrogens with zero attached hydrogens (tertiary/aromatic N) is 2. The van der Waals surface area contributed by atoms with Crippen molar-refractivity contribution in [1.29, 1.82) is 0 Å². The molecule has 4 N–H and O–H groups in total. The minimum absolute atomic E-state index is 0.0224. The van der Waals surface area contributed by atoms with Gasteiger partial charge in [-0.2, -0.15) is 0 Å². The second-order valence-electron chi connectivity index (χ2n) is 10.6. The summed E-state index contributed by atoms with van der Waals surface area (Å²) in [4.78, 5) is 21.4. The fourth-order valence-electron chi connectivity index (χ4n) is 7.20. The van der Waals surface area contributed by atoms with Crippen LogP contribution in [0.2, 0.25) is 0 Å². The van der Waals surface area contributed by atoms with Crippen LogP contribution in [-0.4, -0.2) is 43.8 Å². The summed E-state index contributed by atoms with van der Waals surface area (Å²) in [7, 11) is 0. The van der Waals surface area contributed by atoms with Crippen LogP contribution in [0.4, 0.5) is 0 Å². The topological polar surface area (TPSA) is 103 Å². The summed E-state index contributed by atoms with van der Waals surface area (Å²) in [6, 6.07) is 0. The predicted octanol–water partition coefficient (Wildman–Crippen LogP) is 3.64. The van der Waals surface area contributed by atoms with Gasteiger partial charge in [-0.1, -0.05) is 19.4 Å². The van der Waals surface area contributed by atoms with Crippen molar-refractivity contribution in [3.63, 3.8) is 0 Å². The first kappa shape index (κ1) is 22.5. The van der Waals surface area contributed by atoms with E-state index in [1.807, 2.05) is 0 Å². The third-order valence-corrected chi connectivity index (χ3v) is 8.98. The normalized spacial score (nSPS) is 38.3. The Hall–Kier alpha value is -1.69. The fourth-order valence-corrected chi connectivity index (χ4v) is 7.20. The van der Waals surface area contributed by atoms with Gasteiger partial charge in [0.1, 0.15) is 5.78 Å². The summed E-state index contributed by atoms with van der Waals surface area (Å²) in [6.07, 6.45) is 12.4. The van der Waals surface area contributed by atoms with Gasteiger partial charge >= 0.3 is 0 Å². The van der Waals surface area contributed by atoms with Crippen molar-refractivity contribution in [2.45, 2.75) is 71.6 Å². The van der Waals surface area contributed by atoms with Gasteiger partial charge in [-0.05, 0) is 80.6 Å². The lowest BCUT2D eigenvalue weighted by atomic mass is 9.47. The van der Waals surface area contributed by atoms with Gasteiger partial charge in [-0.25, -0.2) is 0 Å². The van der Waals surface area contributed by atoms with E-state index in [4.69, 9.17) is 21.2 Å². The molecule has 6 heteroatoms. The SMILES string of the molecule is CC12CCC3C(CCC4=CC(=NCCCOCCN=C(N)N)CCC43C)C1CCC2=O. The van der Waals surface area contributed by atoms with Gasteiger partial charge < -0.3 is 16.2 Å². The zero-order chi connectivity index (χ0) is 22.1. The first-order valence-corrected chi connectivity index (χ1v) is 12.3. The Balaban J connectivity index is 1.32. The second-order valence-corrected chi connectivity index (χ2v) is 10.6. The van der Waals surface area contributed by atoms with Gasteiger partial charge in [0.2, 0.25) is 0 Å². The van der Waals surface area contributed by atoms with Crippen LogP contribution in [0.1, 0.15) is 71.6 Å². The van der Waals surface area contributed by atoms with Gasteiger partial charge in [0.25, 0.3) is 0 Å². The van der Waals surface area contributed by atoms with Gasteiger partial charge in [-0.15, -0.1) is 0 Å². The molecule has 5 atom stereocenters. The summed E-state index contributed by atoms with van der Waals surface area (Å²) in [5, 5.41) is 0. The summed E-state index contributed by atoms with van der Waals surface area (Å²) in [5.41, 5.74) is 13.8.